The van der Waals surface area contributed by atoms with Crippen LogP contribution < -0.4 is 21.1 Å². The Hall–Kier alpha value is -3.92. The number of rotatable bonds is 11. The Morgan fingerprint density at radius 2 is 1.81 bits per heavy atom. The molecule has 2 aromatic carbocycles. The van der Waals surface area contributed by atoms with Gasteiger partial charge in [0.05, 0.1) is 35.0 Å². The van der Waals surface area contributed by atoms with Gasteiger partial charge in [-0.05, 0) is 63.9 Å². The number of fused-ring (bicyclic) bond motifs is 1. The van der Waals surface area contributed by atoms with Crippen LogP contribution in [0.15, 0.2) is 67.0 Å². The fraction of sp³-hybridized carbons (Fsp3) is 0.344. The number of aliphatic hydroxyl groups excluding tert-OH is 1. The summed E-state index contributed by atoms with van der Waals surface area (Å²) in [5, 5.41) is 16.3. The first-order valence-electron chi connectivity index (χ1n) is 13.6. The molecular weight excluding hydrogens is 554 g/mol. The van der Waals surface area contributed by atoms with Gasteiger partial charge in [-0.3, -0.25) is 9.59 Å². The van der Waals surface area contributed by atoms with Gasteiger partial charge in [0.15, 0.2) is 0 Å². The van der Waals surface area contributed by atoms with E-state index in [1.165, 1.54) is 0 Å². The number of ether oxygens (including phenoxy) is 1. The number of hydrogen-bond acceptors (Lipinski definition) is 6. The summed E-state index contributed by atoms with van der Waals surface area (Å²) in [6.07, 6.45) is 3.60. The monoisotopic (exact) mass is 593 g/mol. The van der Waals surface area contributed by atoms with Crippen LogP contribution in [0.4, 0.5) is 0 Å². The average Bonchev–Trinajstić information content (AvgIpc) is 3.37. The standard InChI is InChI=1S/C31H36ClN5O4.CH4/c1-18(2)41-28-12-11-23(15-26(28)32)31(40)35-24(16-34-30(39)19(3)33)14-21-7-9-22(10-8-21)27-17-37-13-5-6-25(20(4)38)29(37)36-27;/h5-13,15,17-20,24,38H,14,16,33H2,1-4H3,(H,34,39)(H,35,40);1H4/t19-,20?,24+;/m1./s1. The Bertz CT molecular complexity index is 1520. The molecule has 0 aliphatic rings. The summed E-state index contributed by atoms with van der Waals surface area (Å²) in [5.41, 5.74) is 10.2. The second-order valence-electron chi connectivity index (χ2n) is 10.4. The molecule has 0 saturated carbocycles. The molecule has 0 radical (unpaired) electrons. The first-order chi connectivity index (χ1) is 19.5. The van der Waals surface area contributed by atoms with Crippen LogP contribution in [0.2, 0.25) is 5.02 Å². The topological polar surface area (TPSA) is 131 Å². The number of aliphatic hydroxyl groups is 1. The number of amides is 2. The summed E-state index contributed by atoms with van der Waals surface area (Å²) < 4.78 is 7.56. The molecule has 10 heteroatoms. The third-order valence-electron chi connectivity index (χ3n) is 6.52. The van der Waals surface area contributed by atoms with E-state index in [2.05, 4.69) is 10.6 Å². The molecule has 4 aromatic rings. The Balaban J connectivity index is 0.00000484. The highest BCUT2D eigenvalue weighted by Crippen LogP contribution is 2.27. The van der Waals surface area contributed by atoms with E-state index in [1.807, 2.05) is 67.0 Å². The molecule has 224 valence electrons. The lowest BCUT2D eigenvalue weighted by molar-refractivity contribution is -0.122. The first-order valence-corrected chi connectivity index (χ1v) is 13.9. The molecule has 9 nitrogen and oxygen atoms in total. The zero-order valence-electron chi connectivity index (χ0n) is 23.6. The highest BCUT2D eigenvalue weighted by atomic mass is 35.5. The number of nitrogens with one attached hydrogen (secondary N) is 2. The van der Waals surface area contributed by atoms with Crippen molar-refractivity contribution in [2.45, 2.75) is 65.8 Å². The minimum absolute atomic E-state index is 0. The van der Waals surface area contributed by atoms with Gasteiger partial charge in [-0.1, -0.05) is 49.4 Å². The summed E-state index contributed by atoms with van der Waals surface area (Å²) in [4.78, 5) is 30.0. The predicted octanol–water partition coefficient (Wildman–Crippen LogP) is 4.94. The third kappa shape index (κ3) is 8.09. The van der Waals surface area contributed by atoms with Crippen LogP contribution >= 0.6 is 11.6 Å². The molecule has 0 aliphatic heterocycles. The van der Waals surface area contributed by atoms with Crippen molar-refractivity contribution in [2.24, 2.45) is 5.73 Å². The minimum atomic E-state index is -0.669. The van der Waals surface area contributed by atoms with Gasteiger partial charge in [0.1, 0.15) is 11.4 Å². The number of aromatic nitrogens is 2. The smallest absolute Gasteiger partial charge is 0.251 e. The number of imidazole rings is 1. The second kappa shape index (κ2) is 14.3. The highest BCUT2D eigenvalue weighted by Gasteiger charge is 2.19. The van der Waals surface area contributed by atoms with Crippen molar-refractivity contribution >= 4 is 29.1 Å². The van der Waals surface area contributed by atoms with Gasteiger partial charge >= 0.3 is 0 Å². The van der Waals surface area contributed by atoms with E-state index in [4.69, 9.17) is 27.1 Å². The van der Waals surface area contributed by atoms with Crippen molar-refractivity contribution in [1.29, 1.82) is 0 Å². The minimum Gasteiger partial charge on any atom is -0.489 e. The fourth-order valence-electron chi connectivity index (χ4n) is 4.42. The maximum atomic E-state index is 13.1. The summed E-state index contributed by atoms with van der Waals surface area (Å²) in [6, 6.07) is 15.4. The Morgan fingerprint density at radius 1 is 1.10 bits per heavy atom. The molecule has 0 aliphatic carbocycles. The molecule has 4 rings (SSSR count). The maximum absolute atomic E-state index is 13.1. The zero-order valence-corrected chi connectivity index (χ0v) is 24.4. The number of hydrogen-bond donors (Lipinski definition) is 4. The second-order valence-corrected chi connectivity index (χ2v) is 10.8. The lowest BCUT2D eigenvalue weighted by Gasteiger charge is -2.21. The molecular formula is C32H40ClN5O4. The molecule has 2 heterocycles. The van der Waals surface area contributed by atoms with E-state index in [0.29, 0.717) is 28.4 Å². The predicted molar refractivity (Wildman–Crippen MR) is 167 cm³/mol. The van der Waals surface area contributed by atoms with Crippen LogP contribution in [0.1, 0.15) is 62.7 Å². The van der Waals surface area contributed by atoms with Gasteiger partial charge in [0.2, 0.25) is 5.91 Å². The molecule has 5 N–H and O–H groups in total. The summed E-state index contributed by atoms with van der Waals surface area (Å²) in [7, 11) is 0. The Morgan fingerprint density at radius 3 is 2.43 bits per heavy atom. The van der Waals surface area contributed by atoms with E-state index in [-0.39, 0.29) is 31.9 Å². The number of nitrogens with zero attached hydrogens (tertiary/aromatic N) is 2. The SMILES string of the molecule is C.CC(C)Oc1ccc(C(=O)N[C@H](CNC(=O)[C@@H](C)N)Cc2ccc(-c3cn4cccc(C(C)O)c4n3)cc2)cc1Cl. The van der Waals surface area contributed by atoms with Crippen LogP contribution in [0.5, 0.6) is 5.75 Å². The molecule has 1 unspecified atom stereocenters. The van der Waals surface area contributed by atoms with Gasteiger partial charge in [0.25, 0.3) is 5.91 Å². The number of carbonyl (C=O) groups is 2. The van der Waals surface area contributed by atoms with Gasteiger partial charge in [-0.15, -0.1) is 0 Å². The largest absolute Gasteiger partial charge is 0.489 e. The van der Waals surface area contributed by atoms with E-state index < -0.39 is 18.2 Å². The number of carbonyl (C=O) groups excluding carboxylic acids is 2. The van der Waals surface area contributed by atoms with Gasteiger partial charge < -0.3 is 30.6 Å². The zero-order chi connectivity index (χ0) is 29.7. The molecule has 0 saturated heterocycles. The van der Waals surface area contributed by atoms with Crippen LogP contribution in [0.3, 0.4) is 0 Å². The van der Waals surface area contributed by atoms with Gasteiger partial charge in [-0.25, -0.2) is 4.98 Å². The van der Waals surface area contributed by atoms with Gasteiger partial charge in [0, 0.05) is 35.6 Å². The maximum Gasteiger partial charge on any atom is 0.251 e. The molecule has 0 bridgehead atoms. The van der Waals surface area contributed by atoms with E-state index in [0.717, 1.165) is 22.4 Å². The first kappa shape index (κ1) is 32.6. The third-order valence-corrected chi connectivity index (χ3v) is 6.82. The Labute approximate surface area is 252 Å². The van der Waals surface area contributed by atoms with Crippen molar-refractivity contribution < 1.29 is 19.4 Å². The van der Waals surface area contributed by atoms with Crippen molar-refractivity contribution in [3.8, 4) is 17.0 Å². The Kier molecular flexibility index (Phi) is 11.1. The highest BCUT2D eigenvalue weighted by molar-refractivity contribution is 6.32. The summed E-state index contributed by atoms with van der Waals surface area (Å²) in [6.45, 7) is 7.32. The van der Waals surface area contributed by atoms with Crippen LogP contribution in [-0.2, 0) is 11.2 Å². The van der Waals surface area contributed by atoms with Crippen molar-refractivity contribution in [1.82, 2.24) is 20.0 Å². The van der Waals surface area contributed by atoms with Crippen LogP contribution in [0.25, 0.3) is 16.9 Å². The van der Waals surface area contributed by atoms with Crippen LogP contribution in [0, 0.1) is 0 Å². The molecule has 0 fully saturated rings. The van der Waals surface area contributed by atoms with E-state index >= 15 is 0 Å². The number of nitrogens with two attached hydrogens (primary N) is 1. The molecule has 2 aromatic heterocycles. The van der Waals surface area contributed by atoms with E-state index in [1.54, 1.807) is 32.0 Å². The molecule has 2 amide bonds. The molecule has 42 heavy (non-hydrogen) atoms. The van der Waals surface area contributed by atoms with E-state index in [9.17, 15) is 14.7 Å². The average molecular weight is 594 g/mol. The van der Waals surface area contributed by atoms with Crippen molar-refractivity contribution in [3.63, 3.8) is 0 Å². The summed E-state index contributed by atoms with van der Waals surface area (Å²) >= 11 is 6.34. The van der Waals surface area contributed by atoms with Crippen molar-refractivity contribution in [2.75, 3.05) is 6.54 Å². The fourth-order valence-corrected chi connectivity index (χ4v) is 4.64. The van der Waals surface area contributed by atoms with Gasteiger partial charge in [-0.2, -0.15) is 0 Å². The lowest BCUT2D eigenvalue weighted by Crippen LogP contribution is -2.48. The lowest BCUT2D eigenvalue weighted by atomic mass is 10.0. The quantitative estimate of drug-likeness (QED) is 0.195. The number of benzene rings is 2. The number of pyridine rings is 1. The van der Waals surface area contributed by atoms with Crippen LogP contribution in [-0.4, -0.2) is 51.0 Å². The van der Waals surface area contributed by atoms with Crippen molar-refractivity contribution in [3.05, 3.63) is 88.7 Å². The number of halogens is 1. The normalized spacial score (nSPS) is 13.2. The molecule has 0 spiro atoms. The molecule has 3 atom stereocenters. The summed E-state index contributed by atoms with van der Waals surface area (Å²) in [5.74, 6) is -0.119.